The van der Waals surface area contributed by atoms with E-state index in [1.165, 1.54) is 0 Å². The Morgan fingerprint density at radius 2 is 1.87 bits per heavy atom. The van der Waals surface area contributed by atoms with Crippen LogP contribution in [-0.4, -0.2) is 0 Å². The van der Waals surface area contributed by atoms with Crippen LogP contribution in [0.25, 0.3) is 10.4 Å². The molecule has 8 heteroatoms. The molecule has 80 valence electrons. The van der Waals surface area contributed by atoms with E-state index in [-0.39, 0.29) is 5.69 Å². The number of azide groups is 1. The summed E-state index contributed by atoms with van der Waals surface area (Å²) in [5.41, 5.74) is 6.58. The Labute approximate surface area is 92.0 Å². The Balaban J connectivity index is 3.50. The molecule has 1 aromatic carbocycles. The molecule has 1 aromatic rings. The molecule has 0 heterocycles. The number of rotatable bonds is 1. The van der Waals surface area contributed by atoms with Crippen molar-refractivity contribution in [1.29, 1.82) is 0 Å². The Kier molecular flexibility index (Phi) is 3.34. The van der Waals surface area contributed by atoms with Gasteiger partial charge in [0.15, 0.2) is 0 Å². The van der Waals surface area contributed by atoms with Crippen molar-refractivity contribution in [2.75, 3.05) is 0 Å². The van der Waals surface area contributed by atoms with Gasteiger partial charge in [-0.2, -0.15) is 13.2 Å². The monoisotopic (exact) mass is 255 g/mol. The van der Waals surface area contributed by atoms with Crippen LogP contribution in [0.5, 0.6) is 0 Å². The lowest BCUT2D eigenvalue weighted by Gasteiger charge is -2.11. The topological polar surface area (TPSA) is 48.8 Å². The molecule has 3 nitrogen and oxygen atoms in total. The summed E-state index contributed by atoms with van der Waals surface area (Å²) >= 11 is 10.8. The number of hydrogen-bond donors (Lipinski definition) is 0. The lowest BCUT2D eigenvalue weighted by atomic mass is 10.2. The molecule has 15 heavy (non-hydrogen) atoms. The molecule has 0 saturated heterocycles. The maximum atomic E-state index is 12.4. The zero-order valence-electron chi connectivity index (χ0n) is 6.89. The fourth-order valence-corrected chi connectivity index (χ4v) is 1.55. The van der Waals surface area contributed by atoms with Crippen molar-refractivity contribution in [1.82, 2.24) is 0 Å². The van der Waals surface area contributed by atoms with Gasteiger partial charge in [0.05, 0.1) is 21.3 Å². The summed E-state index contributed by atoms with van der Waals surface area (Å²) in [7, 11) is 0. The van der Waals surface area contributed by atoms with Gasteiger partial charge in [-0.15, -0.1) is 0 Å². The number of nitrogens with zero attached hydrogens (tertiary/aromatic N) is 3. The van der Waals surface area contributed by atoms with Crippen LogP contribution in [0.2, 0.25) is 10.0 Å². The molecule has 0 amide bonds. The second kappa shape index (κ2) is 4.18. The molecule has 0 spiro atoms. The Bertz CT molecular complexity index is 438. The van der Waals surface area contributed by atoms with Crippen LogP contribution < -0.4 is 0 Å². The summed E-state index contributed by atoms with van der Waals surface area (Å²) in [6.07, 6.45) is -4.69. The first-order valence-corrected chi connectivity index (χ1v) is 4.24. The van der Waals surface area contributed by atoms with E-state index in [1.54, 1.807) is 0 Å². The van der Waals surface area contributed by atoms with Crippen LogP contribution in [0.3, 0.4) is 0 Å². The zero-order chi connectivity index (χ0) is 11.6. The lowest BCUT2D eigenvalue weighted by Crippen LogP contribution is -2.06. The minimum absolute atomic E-state index is 0.309. The summed E-state index contributed by atoms with van der Waals surface area (Å²) in [5, 5.41) is 1.77. The van der Waals surface area contributed by atoms with Crippen LogP contribution in [0, 0.1) is 0 Å². The van der Waals surface area contributed by atoms with Gasteiger partial charge in [-0.25, -0.2) is 0 Å². The summed E-state index contributed by atoms with van der Waals surface area (Å²) < 4.78 is 37.3. The van der Waals surface area contributed by atoms with E-state index in [0.29, 0.717) is 0 Å². The molecule has 0 aliphatic carbocycles. The van der Waals surface area contributed by atoms with Crippen molar-refractivity contribution in [3.05, 3.63) is 38.2 Å². The van der Waals surface area contributed by atoms with E-state index in [0.717, 1.165) is 12.1 Å². The average Bonchev–Trinajstić information content (AvgIpc) is 2.08. The molecule has 0 radical (unpaired) electrons. The third kappa shape index (κ3) is 2.47. The molecule has 0 unspecified atom stereocenters. The SMILES string of the molecule is [N-]=[N+]=Nc1ccc(Cl)c(C(F)(F)F)c1Cl. The fourth-order valence-electron chi connectivity index (χ4n) is 0.927. The standard InChI is InChI=1S/C7H2Cl2F3N3/c8-3-1-2-4(14-15-13)6(9)5(3)7(10,11)12/h1-2H. The van der Waals surface area contributed by atoms with Crippen molar-refractivity contribution in [2.24, 2.45) is 5.11 Å². The summed E-state index contributed by atoms with van der Waals surface area (Å²) in [5.74, 6) is 0. The summed E-state index contributed by atoms with van der Waals surface area (Å²) in [6.45, 7) is 0. The maximum absolute atomic E-state index is 12.4. The van der Waals surface area contributed by atoms with Crippen LogP contribution >= 0.6 is 23.2 Å². The Hall–Kier alpha value is -1.10. The van der Waals surface area contributed by atoms with Crippen LogP contribution in [0.1, 0.15) is 5.56 Å². The minimum Gasteiger partial charge on any atom is -0.166 e. The first-order valence-electron chi connectivity index (χ1n) is 3.48. The lowest BCUT2D eigenvalue weighted by molar-refractivity contribution is -0.137. The summed E-state index contributed by atoms with van der Waals surface area (Å²) in [6, 6.07) is 2.08. The van der Waals surface area contributed by atoms with Crippen LogP contribution in [0.15, 0.2) is 17.2 Å². The molecule has 0 aliphatic rings. The van der Waals surface area contributed by atoms with Crippen molar-refractivity contribution in [3.8, 4) is 0 Å². The molecule has 0 aliphatic heterocycles. The molecule has 0 fully saturated rings. The predicted octanol–water partition coefficient (Wildman–Crippen LogP) is 4.95. The van der Waals surface area contributed by atoms with Gasteiger partial charge in [0.1, 0.15) is 0 Å². The second-order valence-corrected chi connectivity index (χ2v) is 3.23. The molecule has 0 saturated carbocycles. The van der Waals surface area contributed by atoms with Gasteiger partial charge in [0, 0.05) is 4.91 Å². The van der Waals surface area contributed by atoms with Crippen molar-refractivity contribution in [3.63, 3.8) is 0 Å². The smallest absolute Gasteiger partial charge is 0.166 e. The van der Waals surface area contributed by atoms with Crippen LogP contribution in [-0.2, 0) is 6.18 Å². The number of alkyl halides is 3. The number of hydrogen-bond acceptors (Lipinski definition) is 1. The third-order valence-corrected chi connectivity index (χ3v) is 2.20. The number of benzene rings is 1. The van der Waals surface area contributed by atoms with Gasteiger partial charge in [-0.3, -0.25) is 0 Å². The van der Waals surface area contributed by atoms with Gasteiger partial charge in [0.25, 0.3) is 0 Å². The van der Waals surface area contributed by atoms with E-state index < -0.39 is 21.8 Å². The molecular formula is C7H2Cl2F3N3. The summed E-state index contributed by atoms with van der Waals surface area (Å²) in [4.78, 5) is 2.35. The normalized spacial score (nSPS) is 11.0. The Morgan fingerprint density at radius 1 is 1.27 bits per heavy atom. The number of halogens is 5. The molecule has 0 atom stereocenters. The van der Waals surface area contributed by atoms with Gasteiger partial charge in [0.2, 0.25) is 0 Å². The van der Waals surface area contributed by atoms with Crippen LogP contribution in [0.4, 0.5) is 18.9 Å². The van der Waals surface area contributed by atoms with Crippen molar-refractivity contribution in [2.45, 2.75) is 6.18 Å². The van der Waals surface area contributed by atoms with Gasteiger partial charge >= 0.3 is 6.18 Å². The first-order chi connectivity index (χ1) is 6.88. The fraction of sp³-hybridized carbons (Fsp3) is 0.143. The van der Waals surface area contributed by atoms with E-state index in [2.05, 4.69) is 10.0 Å². The second-order valence-electron chi connectivity index (χ2n) is 2.44. The molecule has 0 N–H and O–H groups in total. The highest BCUT2D eigenvalue weighted by Gasteiger charge is 2.36. The quantitative estimate of drug-likeness (QED) is 0.387. The maximum Gasteiger partial charge on any atom is 0.419 e. The van der Waals surface area contributed by atoms with Crippen molar-refractivity contribution < 1.29 is 13.2 Å². The zero-order valence-corrected chi connectivity index (χ0v) is 8.40. The molecule has 0 bridgehead atoms. The van der Waals surface area contributed by atoms with Gasteiger partial charge < -0.3 is 0 Å². The first kappa shape index (κ1) is 12.0. The van der Waals surface area contributed by atoms with E-state index in [4.69, 9.17) is 28.7 Å². The average molecular weight is 256 g/mol. The predicted molar refractivity (Wildman–Crippen MR) is 50.3 cm³/mol. The highest BCUT2D eigenvalue weighted by Crippen LogP contribution is 2.43. The van der Waals surface area contributed by atoms with E-state index >= 15 is 0 Å². The highest BCUT2D eigenvalue weighted by atomic mass is 35.5. The minimum atomic E-state index is -4.69. The Morgan fingerprint density at radius 3 is 2.33 bits per heavy atom. The molecule has 1 rings (SSSR count). The van der Waals surface area contributed by atoms with E-state index in [1.807, 2.05) is 0 Å². The molecular weight excluding hydrogens is 254 g/mol. The molecule has 0 aromatic heterocycles. The van der Waals surface area contributed by atoms with Gasteiger partial charge in [-0.05, 0) is 17.7 Å². The van der Waals surface area contributed by atoms with E-state index in [9.17, 15) is 13.2 Å². The van der Waals surface area contributed by atoms with Crippen molar-refractivity contribution >= 4 is 28.9 Å². The largest absolute Gasteiger partial charge is 0.419 e. The third-order valence-electron chi connectivity index (χ3n) is 1.51. The van der Waals surface area contributed by atoms with Gasteiger partial charge in [-0.1, -0.05) is 28.3 Å². The highest BCUT2D eigenvalue weighted by molar-refractivity contribution is 6.37.